The molecule has 1 amide bonds. The first-order chi connectivity index (χ1) is 8.22. The molecule has 90 valence electrons. The predicted octanol–water partition coefficient (Wildman–Crippen LogP) is 1.41. The van der Waals surface area contributed by atoms with Gasteiger partial charge in [0.05, 0.1) is 11.0 Å². The first kappa shape index (κ1) is 11.4. The number of fused-ring (bicyclic) bond motifs is 1. The van der Waals surface area contributed by atoms with E-state index >= 15 is 0 Å². The van der Waals surface area contributed by atoms with Crippen molar-refractivity contribution in [3.63, 3.8) is 0 Å². The maximum absolute atomic E-state index is 12.1. The van der Waals surface area contributed by atoms with E-state index in [1.54, 1.807) is 15.2 Å². The summed E-state index contributed by atoms with van der Waals surface area (Å²) in [7, 11) is 0. The molecule has 1 N–H and O–H groups in total. The maximum atomic E-state index is 12.1. The average Bonchev–Trinajstić information content (AvgIpc) is 2.60. The lowest BCUT2D eigenvalue weighted by atomic mass is 10.2. The Morgan fingerprint density at radius 2 is 1.82 bits per heavy atom. The Bertz CT molecular complexity index is 610. The molecule has 0 spiro atoms. The minimum absolute atomic E-state index is 0.00625. The van der Waals surface area contributed by atoms with Gasteiger partial charge in [0, 0.05) is 18.8 Å². The number of hydrogen-bond donors (Lipinski definition) is 1. The number of aryl methyl sites for hydroxylation is 2. The first-order valence-electron chi connectivity index (χ1n) is 5.66. The molecule has 0 bridgehead atoms. The summed E-state index contributed by atoms with van der Waals surface area (Å²) >= 11 is 0. The quantitative estimate of drug-likeness (QED) is 0.812. The highest BCUT2D eigenvalue weighted by Gasteiger charge is 2.10. The zero-order chi connectivity index (χ0) is 12.4. The Morgan fingerprint density at radius 3 is 2.41 bits per heavy atom. The minimum atomic E-state index is -0.00625. The molecule has 5 heteroatoms. The van der Waals surface area contributed by atoms with Gasteiger partial charge in [0.1, 0.15) is 0 Å². The molecular weight excluding hydrogens is 218 g/mol. The largest absolute Gasteiger partial charge is 0.329 e. The number of nitrogens with zero attached hydrogens (tertiary/aromatic N) is 2. The highest BCUT2D eigenvalue weighted by molar-refractivity contribution is 5.83. The summed E-state index contributed by atoms with van der Waals surface area (Å²) in [6, 6.07) is 5.47. The van der Waals surface area contributed by atoms with Crippen molar-refractivity contribution in [1.29, 1.82) is 0 Å². The van der Waals surface area contributed by atoms with Gasteiger partial charge in [-0.3, -0.25) is 13.9 Å². The van der Waals surface area contributed by atoms with Crippen LogP contribution in [0.2, 0.25) is 0 Å². The number of imidazole rings is 1. The van der Waals surface area contributed by atoms with E-state index in [9.17, 15) is 9.59 Å². The predicted molar refractivity (Wildman–Crippen MR) is 67.2 cm³/mol. The number of amides is 1. The topological polar surface area (TPSA) is 56.0 Å². The lowest BCUT2D eigenvalue weighted by Gasteiger charge is -2.01. The van der Waals surface area contributed by atoms with Crippen molar-refractivity contribution in [2.75, 3.05) is 5.32 Å². The van der Waals surface area contributed by atoms with Crippen LogP contribution in [0.15, 0.2) is 23.0 Å². The SMILES string of the molecule is CCn1c(=O)n(CC)c2cc(NC=O)ccc21. The summed E-state index contributed by atoms with van der Waals surface area (Å²) in [5, 5.41) is 2.59. The summed E-state index contributed by atoms with van der Waals surface area (Å²) in [4.78, 5) is 22.5. The van der Waals surface area contributed by atoms with Crippen LogP contribution in [0, 0.1) is 0 Å². The number of nitrogens with one attached hydrogen (secondary N) is 1. The van der Waals surface area contributed by atoms with E-state index in [0.29, 0.717) is 25.2 Å². The monoisotopic (exact) mass is 233 g/mol. The molecule has 1 aromatic heterocycles. The molecule has 5 nitrogen and oxygen atoms in total. The van der Waals surface area contributed by atoms with Crippen LogP contribution in [0.3, 0.4) is 0 Å². The minimum Gasteiger partial charge on any atom is -0.329 e. The van der Waals surface area contributed by atoms with Crippen LogP contribution in [-0.4, -0.2) is 15.5 Å². The first-order valence-corrected chi connectivity index (χ1v) is 5.66. The third kappa shape index (κ3) is 1.73. The molecule has 0 radical (unpaired) electrons. The fourth-order valence-corrected chi connectivity index (χ4v) is 2.09. The van der Waals surface area contributed by atoms with Crippen LogP contribution < -0.4 is 11.0 Å². The molecule has 0 fully saturated rings. The highest BCUT2D eigenvalue weighted by Crippen LogP contribution is 2.18. The van der Waals surface area contributed by atoms with E-state index in [-0.39, 0.29) is 5.69 Å². The van der Waals surface area contributed by atoms with Crippen molar-refractivity contribution in [2.24, 2.45) is 0 Å². The van der Waals surface area contributed by atoms with Crippen molar-refractivity contribution < 1.29 is 4.79 Å². The molecule has 0 unspecified atom stereocenters. The second-order valence-electron chi connectivity index (χ2n) is 3.74. The normalized spacial score (nSPS) is 10.7. The number of rotatable bonds is 4. The molecule has 1 heterocycles. The fraction of sp³-hybridized carbons (Fsp3) is 0.333. The zero-order valence-electron chi connectivity index (χ0n) is 9.93. The lowest BCUT2D eigenvalue weighted by molar-refractivity contribution is -0.105. The fourth-order valence-electron chi connectivity index (χ4n) is 2.09. The van der Waals surface area contributed by atoms with Gasteiger partial charge in [-0.2, -0.15) is 0 Å². The summed E-state index contributed by atoms with van der Waals surface area (Å²) in [6.07, 6.45) is 0.631. The molecule has 0 atom stereocenters. The smallest absolute Gasteiger partial charge is 0.329 e. The molecule has 1 aromatic carbocycles. The Morgan fingerprint density at radius 1 is 1.18 bits per heavy atom. The van der Waals surface area contributed by atoms with Gasteiger partial charge in [0.2, 0.25) is 6.41 Å². The summed E-state index contributed by atoms with van der Waals surface area (Å²) < 4.78 is 3.43. The van der Waals surface area contributed by atoms with Crippen LogP contribution in [-0.2, 0) is 17.9 Å². The molecule has 2 rings (SSSR count). The van der Waals surface area contributed by atoms with Crippen molar-refractivity contribution in [3.05, 3.63) is 28.7 Å². The van der Waals surface area contributed by atoms with Gasteiger partial charge in [-0.1, -0.05) is 0 Å². The highest BCUT2D eigenvalue weighted by atomic mass is 16.1. The van der Waals surface area contributed by atoms with Gasteiger partial charge < -0.3 is 5.32 Å². The van der Waals surface area contributed by atoms with E-state index in [1.165, 1.54) is 0 Å². The van der Waals surface area contributed by atoms with Crippen LogP contribution >= 0.6 is 0 Å². The van der Waals surface area contributed by atoms with E-state index < -0.39 is 0 Å². The Hall–Kier alpha value is -2.04. The van der Waals surface area contributed by atoms with Crippen molar-refractivity contribution in [1.82, 2.24) is 9.13 Å². The second-order valence-corrected chi connectivity index (χ2v) is 3.74. The van der Waals surface area contributed by atoms with E-state index in [4.69, 9.17) is 0 Å². The number of carbonyl (C=O) groups is 1. The molecular formula is C12H15N3O2. The van der Waals surface area contributed by atoms with Crippen LogP contribution in [0.5, 0.6) is 0 Å². The molecule has 0 aliphatic heterocycles. The van der Waals surface area contributed by atoms with E-state index in [2.05, 4.69) is 5.32 Å². The van der Waals surface area contributed by atoms with Gasteiger partial charge in [-0.15, -0.1) is 0 Å². The Kier molecular flexibility index (Phi) is 2.99. The summed E-state index contributed by atoms with van der Waals surface area (Å²) in [5.41, 5.74) is 2.44. The molecule has 0 saturated carbocycles. The standard InChI is InChI=1S/C12H15N3O2/c1-3-14-10-6-5-9(13-8-16)7-11(10)15(4-2)12(14)17/h5-8H,3-4H2,1-2H3,(H,13,16). The molecule has 2 aromatic rings. The van der Waals surface area contributed by atoms with Gasteiger partial charge >= 0.3 is 5.69 Å². The third-order valence-corrected chi connectivity index (χ3v) is 2.88. The van der Waals surface area contributed by atoms with Gasteiger partial charge in [0.25, 0.3) is 0 Å². The van der Waals surface area contributed by atoms with Crippen molar-refractivity contribution >= 4 is 23.1 Å². The van der Waals surface area contributed by atoms with Gasteiger partial charge in [-0.05, 0) is 32.0 Å². The summed E-state index contributed by atoms with van der Waals surface area (Å²) in [5.74, 6) is 0. The second kappa shape index (κ2) is 4.45. The van der Waals surface area contributed by atoms with Crippen LogP contribution in [0.4, 0.5) is 5.69 Å². The lowest BCUT2D eigenvalue weighted by Crippen LogP contribution is -2.23. The van der Waals surface area contributed by atoms with Crippen molar-refractivity contribution in [2.45, 2.75) is 26.9 Å². The Labute approximate surface area is 98.7 Å². The third-order valence-electron chi connectivity index (χ3n) is 2.88. The van der Waals surface area contributed by atoms with Gasteiger partial charge in [0.15, 0.2) is 0 Å². The zero-order valence-corrected chi connectivity index (χ0v) is 9.93. The Balaban J connectivity index is 2.75. The van der Waals surface area contributed by atoms with Gasteiger partial charge in [-0.25, -0.2) is 4.79 Å². The molecule has 17 heavy (non-hydrogen) atoms. The molecule has 0 aliphatic carbocycles. The summed E-state index contributed by atoms with van der Waals surface area (Å²) in [6.45, 7) is 5.13. The van der Waals surface area contributed by atoms with Crippen LogP contribution in [0.25, 0.3) is 11.0 Å². The van der Waals surface area contributed by atoms with Crippen molar-refractivity contribution in [3.8, 4) is 0 Å². The van der Waals surface area contributed by atoms with E-state index in [0.717, 1.165) is 11.0 Å². The van der Waals surface area contributed by atoms with E-state index in [1.807, 2.05) is 26.0 Å². The number of anilines is 1. The number of hydrogen-bond acceptors (Lipinski definition) is 2. The van der Waals surface area contributed by atoms with Crippen LogP contribution in [0.1, 0.15) is 13.8 Å². The average molecular weight is 233 g/mol. The number of benzene rings is 1. The maximum Gasteiger partial charge on any atom is 0.329 e. The number of carbonyl (C=O) groups excluding carboxylic acids is 1. The number of aromatic nitrogens is 2. The molecule has 0 saturated heterocycles. The molecule has 0 aliphatic rings.